The molecule has 0 amide bonds. The summed E-state index contributed by atoms with van der Waals surface area (Å²) >= 11 is 0. The Morgan fingerprint density at radius 2 is 1.43 bits per heavy atom. The molecule has 0 atom stereocenters. The smallest absolute Gasteiger partial charge is 0.244 e. The highest BCUT2D eigenvalue weighted by molar-refractivity contribution is 5.81. The molecule has 23 heavy (non-hydrogen) atoms. The Morgan fingerprint density at radius 1 is 0.870 bits per heavy atom. The van der Waals surface area contributed by atoms with Crippen molar-refractivity contribution >= 4 is 17.7 Å². The number of benzene rings is 2. The Hall–Kier alpha value is -1.80. The molecular weight excluding hydrogens is 304 g/mol. The van der Waals surface area contributed by atoms with Gasteiger partial charge in [0.25, 0.3) is 0 Å². The maximum atomic E-state index is 2.40. The molecule has 3 rings (SSSR count). The van der Waals surface area contributed by atoms with Crippen molar-refractivity contribution in [3.8, 4) is 0 Å². The van der Waals surface area contributed by atoms with Gasteiger partial charge in [-0.2, -0.15) is 0 Å². The van der Waals surface area contributed by atoms with E-state index in [2.05, 4.69) is 80.8 Å². The van der Waals surface area contributed by atoms with Crippen LogP contribution in [0.5, 0.6) is 0 Å². The molecule has 0 N–H and O–H groups in total. The van der Waals surface area contributed by atoms with Gasteiger partial charge in [-0.25, -0.2) is 9.48 Å². The highest BCUT2D eigenvalue weighted by atomic mass is 35.5. The van der Waals surface area contributed by atoms with Crippen molar-refractivity contribution in [3.63, 3.8) is 0 Å². The van der Waals surface area contributed by atoms with E-state index in [1.165, 1.54) is 39.2 Å². The van der Waals surface area contributed by atoms with Crippen LogP contribution in [0.25, 0.3) is 0 Å². The molecule has 0 radical (unpaired) electrons. The summed E-state index contributed by atoms with van der Waals surface area (Å²) in [6, 6.07) is 11.1. The molecule has 0 spiro atoms. The van der Waals surface area contributed by atoms with E-state index < -0.39 is 0 Å². The van der Waals surface area contributed by atoms with Crippen molar-refractivity contribution in [2.24, 2.45) is 0 Å². The first-order chi connectivity index (χ1) is 10.5. The molecule has 0 aliphatic carbocycles. The van der Waals surface area contributed by atoms with Crippen LogP contribution in [0.3, 0.4) is 0 Å². The van der Waals surface area contributed by atoms with Gasteiger partial charge in [0.05, 0.1) is 0 Å². The van der Waals surface area contributed by atoms with Crippen LogP contribution in [-0.2, 0) is 0 Å². The van der Waals surface area contributed by atoms with E-state index in [9.17, 15) is 0 Å². The Morgan fingerprint density at radius 3 is 2.00 bits per heavy atom. The molecule has 3 heteroatoms. The van der Waals surface area contributed by atoms with E-state index in [1.807, 2.05) is 0 Å². The zero-order chi connectivity index (χ0) is 15.9. The lowest BCUT2D eigenvalue weighted by molar-refractivity contribution is -0.425. The maximum absolute atomic E-state index is 2.40. The van der Waals surface area contributed by atoms with E-state index in [0.717, 1.165) is 13.1 Å². The average Bonchev–Trinajstić information content (AvgIpc) is 2.86. The molecule has 1 heterocycles. The summed E-state index contributed by atoms with van der Waals surface area (Å²) in [5, 5.41) is 0. The summed E-state index contributed by atoms with van der Waals surface area (Å²) in [4.78, 5) is 2.39. The Balaban J connectivity index is 0.00000192. The third-order valence-electron chi connectivity index (χ3n) is 4.51. The first-order valence-corrected chi connectivity index (χ1v) is 7.99. The minimum absolute atomic E-state index is 0. The summed E-state index contributed by atoms with van der Waals surface area (Å²) in [6.45, 7) is 13.1. The summed E-state index contributed by atoms with van der Waals surface area (Å²) in [7, 11) is 0. The lowest BCUT2D eigenvalue weighted by Crippen LogP contribution is -3.00. The topological polar surface area (TPSA) is 6.25 Å². The van der Waals surface area contributed by atoms with Crippen molar-refractivity contribution in [3.05, 3.63) is 58.1 Å². The van der Waals surface area contributed by atoms with Gasteiger partial charge in [0.2, 0.25) is 6.34 Å². The summed E-state index contributed by atoms with van der Waals surface area (Å²) < 4.78 is 2.40. The van der Waals surface area contributed by atoms with Crippen LogP contribution in [0.1, 0.15) is 27.8 Å². The monoisotopic (exact) mass is 328 g/mol. The average molecular weight is 329 g/mol. The van der Waals surface area contributed by atoms with Gasteiger partial charge in [0.15, 0.2) is 0 Å². The number of nitrogens with zero attached hydrogens (tertiary/aromatic N) is 2. The SMILES string of the molecule is Cc1cc(C)c([N+]2=CN(c3c(C)cccc3C)CC2)c(C)c1.[Cl-]. The second-order valence-electron chi connectivity index (χ2n) is 6.49. The Bertz CT molecular complexity index is 719. The fourth-order valence-electron chi connectivity index (χ4n) is 3.72. The van der Waals surface area contributed by atoms with Crippen LogP contribution in [-0.4, -0.2) is 24.0 Å². The van der Waals surface area contributed by atoms with Crippen molar-refractivity contribution in [1.29, 1.82) is 0 Å². The fourth-order valence-corrected chi connectivity index (χ4v) is 3.72. The second-order valence-corrected chi connectivity index (χ2v) is 6.49. The quantitative estimate of drug-likeness (QED) is 0.756. The lowest BCUT2D eigenvalue weighted by atomic mass is 10.0. The van der Waals surface area contributed by atoms with Gasteiger partial charge in [0.1, 0.15) is 24.5 Å². The van der Waals surface area contributed by atoms with Crippen LogP contribution in [0, 0.1) is 34.6 Å². The summed E-state index contributed by atoms with van der Waals surface area (Å²) in [5.74, 6) is 0. The molecule has 0 unspecified atom stereocenters. The van der Waals surface area contributed by atoms with E-state index >= 15 is 0 Å². The predicted octanol–water partition coefficient (Wildman–Crippen LogP) is 1.43. The van der Waals surface area contributed by atoms with Gasteiger partial charge >= 0.3 is 0 Å². The maximum Gasteiger partial charge on any atom is 0.244 e. The Labute approximate surface area is 145 Å². The van der Waals surface area contributed by atoms with Gasteiger partial charge < -0.3 is 12.4 Å². The molecule has 1 aliphatic heterocycles. The highest BCUT2D eigenvalue weighted by Crippen LogP contribution is 2.29. The molecule has 2 aromatic rings. The largest absolute Gasteiger partial charge is 1.00 e. The standard InChI is InChI=1S/C20H25N2.ClH/c1-14-11-17(4)20(18(5)12-14)22-10-9-21(13-22)19-15(2)7-6-8-16(19)3;/h6-8,11-13H,9-10H2,1-5H3;1H/q+1;/p-1. The number of rotatable bonds is 2. The number of para-hydroxylation sites is 1. The number of anilines is 1. The molecule has 0 saturated heterocycles. The van der Waals surface area contributed by atoms with Crippen molar-refractivity contribution in [2.75, 3.05) is 18.0 Å². The zero-order valence-electron chi connectivity index (χ0n) is 14.7. The van der Waals surface area contributed by atoms with Gasteiger partial charge in [-0.1, -0.05) is 35.9 Å². The van der Waals surface area contributed by atoms with Gasteiger partial charge in [-0.05, 0) is 56.9 Å². The van der Waals surface area contributed by atoms with Crippen LogP contribution >= 0.6 is 0 Å². The van der Waals surface area contributed by atoms with Crippen LogP contribution in [0.4, 0.5) is 11.4 Å². The molecular formula is C20H25ClN2. The van der Waals surface area contributed by atoms with Crippen LogP contribution < -0.4 is 17.3 Å². The normalized spacial score (nSPS) is 13.8. The minimum Gasteiger partial charge on any atom is -1.00 e. The fraction of sp³-hybridized carbons (Fsp3) is 0.350. The minimum atomic E-state index is 0. The summed E-state index contributed by atoms with van der Waals surface area (Å²) in [5.41, 5.74) is 9.46. The number of aryl methyl sites for hydroxylation is 5. The lowest BCUT2D eigenvalue weighted by Gasteiger charge is -2.12. The zero-order valence-corrected chi connectivity index (χ0v) is 15.4. The van der Waals surface area contributed by atoms with E-state index in [4.69, 9.17) is 0 Å². The van der Waals surface area contributed by atoms with Crippen LogP contribution in [0.15, 0.2) is 30.3 Å². The molecule has 0 bridgehead atoms. The van der Waals surface area contributed by atoms with Crippen molar-refractivity contribution in [1.82, 2.24) is 0 Å². The summed E-state index contributed by atoms with van der Waals surface area (Å²) in [6.07, 6.45) is 2.28. The Kier molecular flexibility index (Phi) is 5.16. The van der Waals surface area contributed by atoms with Crippen molar-refractivity contribution in [2.45, 2.75) is 34.6 Å². The predicted molar refractivity (Wildman–Crippen MR) is 94.8 cm³/mol. The number of hydrogen-bond donors (Lipinski definition) is 0. The molecule has 122 valence electrons. The number of halogens is 1. The van der Waals surface area contributed by atoms with E-state index in [1.54, 1.807) is 0 Å². The van der Waals surface area contributed by atoms with Gasteiger partial charge in [-0.3, -0.25) is 0 Å². The van der Waals surface area contributed by atoms with E-state index in [0.29, 0.717) is 0 Å². The van der Waals surface area contributed by atoms with Gasteiger partial charge in [0, 0.05) is 0 Å². The first-order valence-electron chi connectivity index (χ1n) is 7.99. The molecule has 2 nitrogen and oxygen atoms in total. The third-order valence-corrected chi connectivity index (χ3v) is 4.51. The van der Waals surface area contributed by atoms with Gasteiger partial charge in [-0.15, -0.1) is 0 Å². The van der Waals surface area contributed by atoms with Crippen molar-refractivity contribution < 1.29 is 17.0 Å². The molecule has 1 aliphatic rings. The molecule has 0 aromatic heterocycles. The second kappa shape index (κ2) is 6.76. The molecule has 0 saturated carbocycles. The molecule has 0 fully saturated rings. The highest BCUT2D eigenvalue weighted by Gasteiger charge is 2.26. The third kappa shape index (κ3) is 3.28. The first kappa shape index (κ1) is 17.6. The molecule has 2 aromatic carbocycles. The number of hydrogen-bond acceptors (Lipinski definition) is 1. The van der Waals surface area contributed by atoms with E-state index in [-0.39, 0.29) is 12.4 Å². The van der Waals surface area contributed by atoms with Crippen LogP contribution in [0.2, 0.25) is 0 Å².